The fourth-order valence-corrected chi connectivity index (χ4v) is 6.80. The highest BCUT2D eigenvalue weighted by molar-refractivity contribution is 5.79. The summed E-state index contributed by atoms with van der Waals surface area (Å²) in [7, 11) is 1.89. The van der Waals surface area contributed by atoms with Crippen LogP contribution in [0.5, 0.6) is 0 Å². The van der Waals surface area contributed by atoms with Crippen molar-refractivity contribution in [1.29, 1.82) is 5.41 Å². The van der Waals surface area contributed by atoms with Crippen molar-refractivity contribution >= 4 is 5.91 Å². The molecule has 2 heterocycles. The van der Waals surface area contributed by atoms with E-state index in [0.717, 1.165) is 44.5 Å². The van der Waals surface area contributed by atoms with Crippen molar-refractivity contribution in [3.8, 4) is 0 Å². The van der Waals surface area contributed by atoms with Crippen LogP contribution < -0.4 is 10.9 Å². The van der Waals surface area contributed by atoms with Gasteiger partial charge in [0, 0.05) is 56.4 Å². The summed E-state index contributed by atoms with van der Waals surface area (Å²) in [5.74, 6) is 2.44. The smallest absolute Gasteiger partial charge is 0.223 e. The van der Waals surface area contributed by atoms with Gasteiger partial charge in [-0.3, -0.25) is 10.2 Å². The Morgan fingerprint density at radius 2 is 1.91 bits per heavy atom. The third-order valence-electron chi connectivity index (χ3n) is 8.99. The van der Waals surface area contributed by atoms with Gasteiger partial charge in [-0.2, -0.15) is 0 Å². The van der Waals surface area contributed by atoms with Crippen molar-refractivity contribution < 1.29 is 9.18 Å². The van der Waals surface area contributed by atoms with E-state index in [9.17, 15) is 9.18 Å². The second kappa shape index (κ2) is 9.94. The van der Waals surface area contributed by atoms with Gasteiger partial charge in [-0.15, -0.1) is 0 Å². The molecule has 0 saturated heterocycles. The first-order chi connectivity index (χ1) is 16.8. The quantitative estimate of drug-likeness (QED) is 0.619. The summed E-state index contributed by atoms with van der Waals surface area (Å²) in [6.07, 6.45) is 14.4. The molecule has 2 N–H and O–H groups in total. The van der Waals surface area contributed by atoms with E-state index in [4.69, 9.17) is 5.41 Å². The Bertz CT molecular complexity index is 1080. The van der Waals surface area contributed by atoms with Gasteiger partial charge in [0.05, 0.1) is 0 Å². The molecule has 0 radical (unpaired) electrons. The van der Waals surface area contributed by atoms with Crippen LogP contribution in [0.4, 0.5) is 4.39 Å². The molecule has 0 aromatic carbocycles. The Morgan fingerprint density at radius 3 is 2.54 bits per heavy atom. The average Bonchev–Trinajstić information content (AvgIpc) is 3.52. The normalized spacial score (nSPS) is 32.3. The van der Waals surface area contributed by atoms with Gasteiger partial charge in [-0.25, -0.2) is 9.37 Å². The molecule has 3 aliphatic rings. The third kappa shape index (κ3) is 5.26. The molecule has 2 aromatic heterocycles. The molecule has 3 saturated carbocycles. The van der Waals surface area contributed by atoms with E-state index >= 15 is 0 Å². The Labute approximate surface area is 207 Å². The van der Waals surface area contributed by atoms with Crippen molar-refractivity contribution in [2.75, 3.05) is 0 Å². The van der Waals surface area contributed by atoms with E-state index in [1.807, 2.05) is 54.8 Å². The number of aryl methyl sites for hydroxylation is 2. The summed E-state index contributed by atoms with van der Waals surface area (Å²) < 4.78 is 20.2. The molecule has 0 spiro atoms. The number of halogens is 1. The van der Waals surface area contributed by atoms with Gasteiger partial charge in [0.2, 0.25) is 11.5 Å². The maximum absolute atomic E-state index is 14.1. The predicted molar refractivity (Wildman–Crippen MR) is 132 cm³/mol. The standard InChI is InChI=1S/C27H41FN6O/c1-17-12-21(6-7-24(17)28)25(20-4-5-20)31-26(35)22-13-19(16-33-11-10-32(3)27(33)29)14-23(15-22)34-9-8-30-18(34)2/h8-11,17,19-25,29H,4-7,12-16H2,1-3H3,(H,31,35)/t17?,19?,21?,22?,23?,24?,25-/m0/s1. The van der Waals surface area contributed by atoms with Gasteiger partial charge < -0.3 is 19.0 Å². The molecule has 6 unspecified atom stereocenters. The van der Waals surface area contributed by atoms with Gasteiger partial charge in [-0.05, 0) is 82.0 Å². The lowest BCUT2D eigenvalue weighted by molar-refractivity contribution is -0.128. The summed E-state index contributed by atoms with van der Waals surface area (Å²) in [6, 6.07) is 0.418. The van der Waals surface area contributed by atoms with E-state index in [-0.39, 0.29) is 29.8 Å². The summed E-state index contributed by atoms with van der Waals surface area (Å²) in [4.78, 5) is 18.2. The summed E-state index contributed by atoms with van der Waals surface area (Å²) in [5, 5.41) is 11.8. The molecule has 35 heavy (non-hydrogen) atoms. The van der Waals surface area contributed by atoms with Crippen LogP contribution >= 0.6 is 0 Å². The second-order valence-electron chi connectivity index (χ2n) is 11.6. The lowest BCUT2D eigenvalue weighted by Crippen LogP contribution is -2.48. The number of hydrogen-bond acceptors (Lipinski definition) is 3. The first kappa shape index (κ1) is 24.3. The minimum absolute atomic E-state index is 0.0600. The SMILES string of the molecule is Cc1nccn1C1CC(Cn2ccn(C)c2=N)CC(C(=O)N[C@@H](C2CC2)C2CCC(F)C(C)C2)C1. The fraction of sp³-hybridized carbons (Fsp3) is 0.741. The molecule has 7 atom stereocenters. The van der Waals surface area contributed by atoms with Gasteiger partial charge in [-0.1, -0.05) is 6.92 Å². The Balaban J connectivity index is 1.32. The summed E-state index contributed by atoms with van der Waals surface area (Å²) in [6.45, 7) is 4.80. The molecule has 5 rings (SSSR count). The van der Waals surface area contributed by atoms with Crippen LogP contribution in [0, 0.1) is 41.9 Å². The van der Waals surface area contributed by atoms with E-state index in [2.05, 4.69) is 14.9 Å². The molecular formula is C27H41FN6O. The minimum atomic E-state index is -0.697. The van der Waals surface area contributed by atoms with E-state index in [0.29, 0.717) is 29.8 Å². The largest absolute Gasteiger partial charge is 0.353 e. The molecule has 7 nitrogen and oxygen atoms in total. The average molecular weight is 485 g/mol. The Hall–Kier alpha value is -2.38. The number of imidazole rings is 2. The van der Waals surface area contributed by atoms with Gasteiger partial charge in [0.25, 0.3) is 0 Å². The number of carbonyl (C=O) groups is 1. The minimum Gasteiger partial charge on any atom is -0.353 e. The molecule has 8 heteroatoms. The number of nitrogens with one attached hydrogen (secondary N) is 2. The molecule has 192 valence electrons. The highest BCUT2D eigenvalue weighted by Crippen LogP contribution is 2.43. The molecule has 1 amide bonds. The summed E-state index contributed by atoms with van der Waals surface area (Å²) in [5.41, 5.74) is 0.485. The van der Waals surface area contributed by atoms with Gasteiger partial charge >= 0.3 is 0 Å². The van der Waals surface area contributed by atoms with Crippen LogP contribution in [0.3, 0.4) is 0 Å². The van der Waals surface area contributed by atoms with E-state index < -0.39 is 6.17 Å². The molecule has 3 aliphatic carbocycles. The van der Waals surface area contributed by atoms with Crippen LogP contribution in [-0.4, -0.2) is 36.8 Å². The molecule has 0 bridgehead atoms. The zero-order valence-electron chi connectivity index (χ0n) is 21.4. The van der Waals surface area contributed by atoms with Crippen LogP contribution in [0.25, 0.3) is 0 Å². The molecule has 0 aliphatic heterocycles. The zero-order valence-corrected chi connectivity index (χ0v) is 21.4. The van der Waals surface area contributed by atoms with Crippen molar-refractivity contribution in [1.82, 2.24) is 24.0 Å². The molecule has 2 aromatic rings. The van der Waals surface area contributed by atoms with Crippen LogP contribution in [0.2, 0.25) is 0 Å². The fourth-order valence-electron chi connectivity index (χ4n) is 6.80. The zero-order chi connectivity index (χ0) is 24.7. The first-order valence-corrected chi connectivity index (χ1v) is 13.5. The lowest BCUT2D eigenvalue weighted by atomic mass is 9.75. The molecule has 3 fully saturated rings. The number of nitrogens with zero attached hydrogens (tertiary/aromatic N) is 4. The monoisotopic (exact) mass is 484 g/mol. The molecular weight excluding hydrogens is 443 g/mol. The highest BCUT2D eigenvalue weighted by Gasteiger charge is 2.42. The number of carbonyl (C=O) groups excluding carboxylic acids is 1. The number of rotatable bonds is 7. The predicted octanol–water partition coefficient (Wildman–Crippen LogP) is 4.14. The topological polar surface area (TPSA) is 80.6 Å². The van der Waals surface area contributed by atoms with Crippen LogP contribution in [0.15, 0.2) is 24.8 Å². The Kier molecular flexibility index (Phi) is 6.91. The number of alkyl halides is 1. The maximum atomic E-state index is 14.1. The van der Waals surface area contributed by atoms with Crippen molar-refractivity contribution in [2.45, 2.75) is 90.0 Å². The van der Waals surface area contributed by atoms with Crippen molar-refractivity contribution in [3.63, 3.8) is 0 Å². The van der Waals surface area contributed by atoms with Crippen molar-refractivity contribution in [3.05, 3.63) is 36.2 Å². The van der Waals surface area contributed by atoms with Crippen molar-refractivity contribution in [2.24, 2.45) is 36.6 Å². The van der Waals surface area contributed by atoms with Crippen LogP contribution in [0.1, 0.15) is 70.2 Å². The Morgan fingerprint density at radius 1 is 1.14 bits per heavy atom. The van der Waals surface area contributed by atoms with E-state index in [1.54, 1.807) is 0 Å². The number of amides is 1. The lowest BCUT2D eigenvalue weighted by Gasteiger charge is -2.39. The third-order valence-corrected chi connectivity index (χ3v) is 8.99. The van der Waals surface area contributed by atoms with Crippen LogP contribution in [-0.2, 0) is 18.4 Å². The number of hydrogen-bond donors (Lipinski definition) is 2. The maximum Gasteiger partial charge on any atom is 0.223 e. The first-order valence-electron chi connectivity index (χ1n) is 13.5. The second-order valence-corrected chi connectivity index (χ2v) is 11.6. The van der Waals surface area contributed by atoms with Gasteiger partial charge in [0.1, 0.15) is 12.0 Å². The number of aromatic nitrogens is 4. The van der Waals surface area contributed by atoms with E-state index in [1.165, 1.54) is 12.8 Å². The van der Waals surface area contributed by atoms with Gasteiger partial charge in [0.15, 0.2) is 0 Å². The summed E-state index contributed by atoms with van der Waals surface area (Å²) >= 11 is 0. The highest BCUT2D eigenvalue weighted by atomic mass is 19.1.